The van der Waals surface area contributed by atoms with Crippen LogP contribution in [0.4, 0.5) is 0 Å². The van der Waals surface area contributed by atoms with Gasteiger partial charge in [0.05, 0.1) is 27.7 Å². The van der Waals surface area contributed by atoms with E-state index in [1.807, 2.05) is 0 Å². The summed E-state index contributed by atoms with van der Waals surface area (Å²) in [4.78, 5) is 14.0. The first-order valence-electron chi connectivity index (χ1n) is 3.00. The molecule has 0 bridgehead atoms. The fourth-order valence-corrected chi connectivity index (χ4v) is 1.31. The monoisotopic (exact) mass is 213 g/mol. The van der Waals surface area contributed by atoms with Gasteiger partial charge in [0.2, 0.25) is 0 Å². The minimum absolute atomic E-state index is 0.0237. The van der Waals surface area contributed by atoms with Crippen LogP contribution in [-0.4, -0.2) is 13.8 Å². The molecule has 2 aromatic rings. The van der Waals surface area contributed by atoms with E-state index in [2.05, 4.69) is 26.2 Å². The summed E-state index contributed by atoms with van der Waals surface area (Å²) in [6.45, 7) is 0. The SMILES string of the molecule is O=c1cc[nH]c2c1cnn2Br. The van der Waals surface area contributed by atoms with E-state index in [1.165, 1.54) is 16.0 Å². The topological polar surface area (TPSA) is 50.7 Å². The highest BCUT2D eigenvalue weighted by atomic mass is 79.9. The molecule has 0 saturated heterocycles. The number of nitrogens with one attached hydrogen (secondary N) is 1. The van der Waals surface area contributed by atoms with Crippen LogP contribution in [0.25, 0.3) is 11.0 Å². The molecular formula is C6H4BrN3O. The van der Waals surface area contributed by atoms with E-state index in [1.54, 1.807) is 6.20 Å². The van der Waals surface area contributed by atoms with Gasteiger partial charge in [-0.3, -0.25) is 4.79 Å². The van der Waals surface area contributed by atoms with E-state index in [9.17, 15) is 4.79 Å². The minimum Gasteiger partial charge on any atom is -0.345 e. The third-order valence-corrected chi connectivity index (χ3v) is 1.99. The first kappa shape index (κ1) is 6.60. The van der Waals surface area contributed by atoms with Crippen LogP contribution in [0.2, 0.25) is 0 Å². The van der Waals surface area contributed by atoms with Crippen LogP contribution >= 0.6 is 16.1 Å². The van der Waals surface area contributed by atoms with Gasteiger partial charge in [-0.15, -0.1) is 0 Å². The summed E-state index contributed by atoms with van der Waals surface area (Å²) in [6, 6.07) is 1.47. The number of H-pyrrole nitrogens is 1. The predicted molar refractivity (Wildman–Crippen MR) is 44.7 cm³/mol. The van der Waals surface area contributed by atoms with E-state index in [0.29, 0.717) is 11.0 Å². The Bertz CT molecular complexity index is 444. The van der Waals surface area contributed by atoms with Crippen molar-refractivity contribution in [1.82, 2.24) is 13.8 Å². The van der Waals surface area contributed by atoms with Gasteiger partial charge >= 0.3 is 0 Å². The molecule has 0 radical (unpaired) electrons. The van der Waals surface area contributed by atoms with Crippen molar-refractivity contribution >= 4 is 27.2 Å². The maximum Gasteiger partial charge on any atom is 0.192 e. The minimum atomic E-state index is -0.0237. The number of rotatable bonds is 0. The molecule has 2 heterocycles. The number of aromatic amines is 1. The molecule has 2 aromatic heterocycles. The Morgan fingerprint density at radius 2 is 2.45 bits per heavy atom. The van der Waals surface area contributed by atoms with Crippen LogP contribution < -0.4 is 5.43 Å². The molecular weight excluding hydrogens is 210 g/mol. The van der Waals surface area contributed by atoms with Gasteiger partial charge in [0.15, 0.2) is 11.1 Å². The second kappa shape index (κ2) is 2.20. The molecule has 0 aliphatic rings. The third kappa shape index (κ3) is 0.883. The van der Waals surface area contributed by atoms with E-state index >= 15 is 0 Å². The second-order valence-corrected chi connectivity index (χ2v) is 2.78. The van der Waals surface area contributed by atoms with Crippen molar-refractivity contribution in [1.29, 1.82) is 0 Å². The first-order chi connectivity index (χ1) is 5.29. The number of nitrogens with zero attached hydrogens (tertiary/aromatic N) is 2. The van der Waals surface area contributed by atoms with Crippen molar-refractivity contribution in [3.05, 3.63) is 28.7 Å². The van der Waals surface area contributed by atoms with Crippen LogP contribution in [0.1, 0.15) is 0 Å². The highest BCUT2D eigenvalue weighted by molar-refractivity contribution is 9.08. The molecule has 1 N–H and O–H groups in total. The lowest BCUT2D eigenvalue weighted by Gasteiger charge is -1.88. The lowest BCUT2D eigenvalue weighted by atomic mass is 10.3. The highest BCUT2D eigenvalue weighted by Crippen LogP contribution is 2.06. The number of pyridine rings is 1. The second-order valence-electron chi connectivity index (χ2n) is 2.11. The average Bonchev–Trinajstić information content (AvgIpc) is 2.35. The van der Waals surface area contributed by atoms with E-state index in [0.717, 1.165) is 0 Å². The Morgan fingerprint density at radius 3 is 3.18 bits per heavy atom. The average molecular weight is 214 g/mol. The maximum absolute atomic E-state index is 11.1. The number of fused-ring (bicyclic) bond motifs is 1. The molecule has 0 saturated carbocycles. The molecule has 0 unspecified atom stereocenters. The molecule has 2 rings (SSSR count). The molecule has 0 aromatic carbocycles. The zero-order valence-electron chi connectivity index (χ0n) is 5.41. The van der Waals surface area contributed by atoms with Gasteiger partial charge in [0.1, 0.15) is 0 Å². The summed E-state index contributed by atoms with van der Waals surface area (Å²) >= 11 is 3.14. The molecule has 0 fully saturated rings. The van der Waals surface area contributed by atoms with E-state index in [4.69, 9.17) is 0 Å². The van der Waals surface area contributed by atoms with Gasteiger partial charge in [-0.1, -0.05) is 0 Å². The molecule has 0 aliphatic heterocycles. The van der Waals surface area contributed by atoms with Crippen LogP contribution in [0.3, 0.4) is 0 Å². The van der Waals surface area contributed by atoms with E-state index < -0.39 is 0 Å². The first-order valence-corrected chi connectivity index (χ1v) is 3.71. The fraction of sp³-hybridized carbons (Fsp3) is 0. The van der Waals surface area contributed by atoms with Gasteiger partial charge in [-0.05, 0) is 0 Å². The van der Waals surface area contributed by atoms with Crippen molar-refractivity contribution in [2.24, 2.45) is 0 Å². The van der Waals surface area contributed by atoms with Crippen molar-refractivity contribution in [2.45, 2.75) is 0 Å². The van der Waals surface area contributed by atoms with Crippen molar-refractivity contribution in [3.63, 3.8) is 0 Å². The number of halogens is 1. The van der Waals surface area contributed by atoms with Gasteiger partial charge in [0.25, 0.3) is 0 Å². The summed E-state index contributed by atoms with van der Waals surface area (Å²) in [5.74, 6) is 0. The normalized spacial score (nSPS) is 10.6. The molecule has 0 amide bonds. The summed E-state index contributed by atoms with van der Waals surface area (Å²) in [6.07, 6.45) is 3.10. The van der Waals surface area contributed by atoms with Gasteiger partial charge in [0, 0.05) is 12.3 Å². The highest BCUT2D eigenvalue weighted by Gasteiger charge is 2.01. The molecule has 56 valence electrons. The lowest BCUT2D eigenvalue weighted by molar-refractivity contribution is 1.04. The van der Waals surface area contributed by atoms with Crippen molar-refractivity contribution in [2.75, 3.05) is 0 Å². The van der Waals surface area contributed by atoms with Crippen LogP contribution in [0.5, 0.6) is 0 Å². The molecule has 0 atom stereocenters. The smallest absolute Gasteiger partial charge is 0.192 e. The van der Waals surface area contributed by atoms with Gasteiger partial charge < -0.3 is 4.98 Å². The molecule has 5 heteroatoms. The Morgan fingerprint density at radius 1 is 1.64 bits per heavy atom. The number of aromatic nitrogens is 3. The summed E-state index contributed by atoms with van der Waals surface area (Å²) in [5.41, 5.74) is 0.655. The quantitative estimate of drug-likeness (QED) is 0.707. The Balaban J connectivity index is 3.06. The number of hydrogen-bond donors (Lipinski definition) is 1. The van der Waals surface area contributed by atoms with Crippen molar-refractivity contribution < 1.29 is 0 Å². The largest absolute Gasteiger partial charge is 0.345 e. The summed E-state index contributed by atoms with van der Waals surface area (Å²) < 4.78 is 1.45. The summed E-state index contributed by atoms with van der Waals surface area (Å²) in [7, 11) is 0. The Kier molecular flexibility index (Phi) is 1.32. The lowest BCUT2D eigenvalue weighted by Crippen LogP contribution is -1.98. The molecule has 0 spiro atoms. The molecule has 4 nitrogen and oxygen atoms in total. The third-order valence-electron chi connectivity index (χ3n) is 1.45. The predicted octanol–water partition coefficient (Wildman–Crippen LogP) is 0.883. The van der Waals surface area contributed by atoms with Crippen molar-refractivity contribution in [3.8, 4) is 0 Å². The van der Waals surface area contributed by atoms with Gasteiger partial charge in [-0.2, -0.15) is 8.81 Å². The zero-order chi connectivity index (χ0) is 7.84. The summed E-state index contributed by atoms with van der Waals surface area (Å²) in [5, 5.41) is 4.45. The maximum atomic E-state index is 11.1. The Labute approximate surface area is 70.2 Å². The van der Waals surface area contributed by atoms with Crippen LogP contribution in [0.15, 0.2) is 23.3 Å². The molecule has 0 aliphatic carbocycles. The Hall–Kier alpha value is -1.10. The fourth-order valence-electron chi connectivity index (χ4n) is 0.924. The number of hydrogen-bond acceptors (Lipinski definition) is 2. The zero-order valence-corrected chi connectivity index (χ0v) is 7.00. The molecule has 11 heavy (non-hydrogen) atoms. The van der Waals surface area contributed by atoms with Crippen LogP contribution in [-0.2, 0) is 0 Å². The van der Waals surface area contributed by atoms with E-state index in [-0.39, 0.29) is 5.43 Å². The standard InChI is InChI=1S/C6H4BrN3O/c7-10-6-4(3-9-10)5(11)1-2-8-6/h1-3H,(H,8,11). The van der Waals surface area contributed by atoms with Crippen LogP contribution in [0, 0.1) is 0 Å². The van der Waals surface area contributed by atoms with Gasteiger partial charge in [-0.25, -0.2) is 0 Å².